The lowest BCUT2D eigenvalue weighted by Crippen LogP contribution is -2.38. The fraction of sp³-hybridized carbons (Fsp3) is 0.727. The first-order valence-corrected chi connectivity index (χ1v) is 6.48. The largest absolute Gasteiger partial charge is 0.357 e. The standard InChI is InChI=1S/C11H19ClN6/c1-13-10-14-9(12)15-11(16-10)18-6-4-5-8(18)7-17(2)3/h8H,4-7H2,1-3H3,(H,13,14,15,16). The maximum absolute atomic E-state index is 5.92. The fourth-order valence-electron chi connectivity index (χ4n) is 2.29. The van der Waals surface area contributed by atoms with Crippen LogP contribution in [-0.4, -0.2) is 60.1 Å². The number of aromatic nitrogens is 3. The number of hydrogen-bond acceptors (Lipinski definition) is 6. The summed E-state index contributed by atoms with van der Waals surface area (Å²) in [6.45, 7) is 1.97. The summed E-state index contributed by atoms with van der Waals surface area (Å²) >= 11 is 5.92. The first-order chi connectivity index (χ1) is 8.60. The van der Waals surface area contributed by atoms with E-state index in [1.54, 1.807) is 7.05 Å². The average Bonchev–Trinajstić information content (AvgIpc) is 2.75. The SMILES string of the molecule is CNc1nc(Cl)nc(N2CCCC2CN(C)C)n1. The van der Waals surface area contributed by atoms with Gasteiger partial charge in [0.25, 0.3) is 0 Å². The summed E-state index contributed by atoms with van der Waals surface area (Å²) in [5.74, 6) is 1.18. The molecule has 1 atom stereocenters. The van der Waals surface area contributed by atoms with Crippen LogP contribution in [0.1, 0.15) is 12.8 Å². The molecule has 0 saturated carbocycles. The summed E-state index contributed by atoms with van der Waals surface area (Å²) in [5.41, 5.74) is 0. The van der Waals surface area contributed by atoms with E-state index in [9.17, 15) is 0 Å². The molecule has 2 heterocycles. The predicted molar refractivity (Wildman–Crippen MR) is 73.3 cm³/mol. The topological polar surface area (TPSA) is 57.2 Å². The van der Waals surface area contributed by atoms with Gasteiger partial charge in [0.15, 0.2) is 0 Å². The van der Waals surface area contributed by atoms with Gasteiger partial charge in [-0.15, -0.1) is 0 Å². The maximum atomic E-state index is 5.92. The number of likely N-dealkylation sites (N-methyl/N-ethyl adjacent to an activating group) is 1. The van der Waals surface area contributed by atoms with Gasteiger partial charge in [0.2, 0.25) is 17.2 Å². The van der Waals surface area contributed by atoms with Crippen molar-refractivity contribution in [2.45, 2.75) is 18.9 Å². The van der Waals surface area contributed by atoms with E-state index in [1.165, 1.54) is 0 Å². The van der Waals surface area contributed by atoms with Crippen molar-refractivity contribution in [1.29, 1.82) is 0 Å². The lowest BCUT2D eigenvalue weighted by atomic mass is 10.2. The van der Waals surface area contributed by atoms with Gasteiger partial charge < -0.3 is 15.1 Å². The van der Waals surface area contributed by atoms with Crippen molar-refractivity contribution < 1.29 is 0 Å². The van der Waals surface area contributed by atoms with Gasteiger partial charge >= 0.3 is 0 Å². The van der Waals surface area contributed by atoms with Gasteiger partial charge in [0.1, 0.15) is 0 Å². The van der Waals surface area contributed by atoms with E-state index in [0.29, 0.717) is 17.9 Å². The molecule has 1 fully saturated rings. The van der Waals surface area contributed by atoms with Gasteiger partial charge in [0.05, 0.1) is 0 Å². The van der Waals surface area contributed by atoms with Crippen molar-refractivity contribution in [3.05, 3.63) is 5.28 Å². The predicted octanol–water partition coefficient (Wildman–Crippen LogP) is 1.10. The highest BCUT2D eigenvalue weighted by molar-refractivity contribution is 6.28. The lowest BCUT2D eigenvalue weighted by molar-refractivity contribution is 0.371. The highest BCUT2D eigenvalue weighted by Gasteiger charge is 2.27. The number of anilines is 2. The number of nitrogens with zero attached hydrogens (tertiary/aromatic N) is 5. The Morgan fingerprint density at radius 2 is 2.17 bits per heavy atom. The molecular formula is C11H19ClN6. The monoisotopic (exact) mass is 270 g/mol. The number of nitrogens with one attached hydrogen (secondary N) is 1. The molecule has 18 heavy (non-hydrogen) atoms. The zero-order valence-electron chi connectivity index (χ0n) is 11.0. The first kappa shape index (κ1) is 13.3. The van der Waals surface area contributed by atoms with Gasteiger partial charge in [0, 0.05) is 26.2 Å². The van der Waals surface area contributed by atoms with Crippen LogP contribution >= 0.6 is 11.6 Å². The Kier molecular flexibility index (Phi) is 4.19. The van der Waals surface area contributed by atoms with Crippen molar-refractivity contribution >= 4 is 23.5 Å². The molecule has 100 valence electrons. The Balaban J connectivity index is 2.21. The van der Waals surface area contributed by atoms with E-state index in [0.717, 1.165) is 25.9 Å². The smallest absolute Gasteiger partial charge is 0.231 e. The molecule has 1 aliphatic rings. The Morgan fingerprint density at radius 1 is 1.39 bits per heavy atom. The molecule has 0 spiro atoms. The molecular weight excluding hydrogens is 252 g/mol. The van der Waals surface area contributed by atoms with E-state index in [-0.39, 0.29) is 5.28 Å². The minimum absolute atomic E-state index is 0.236. The third-order valence-electron chi connectivity index (χ3n) is 3.03. The summed E-state index contributed by atoms with van der Waals surface area (Å²) in [5, 5.41) is 3.14. The Morgan fingerprint density at radius 3 is 2.83 bits per heavy atom. The second kappa shape index (κ2) is 5.67. The molecule has 2 rings (SSSR count). The van der Waals surface area contributed by atoms with Crippen LogP contribution in [0.15, 0.2) is 0 Å². The summed E-state index contributed by atoms with van der Waals surface area (Å²) < 4.78 is 0. The van der Waals surface area contributed by atoms with E-state index in [2.05, 4.69) is 44.2 Å². The second-order valence-electron chi connectivity index (χ2n) is 4.73. The molecule has 0 aliphatic carbocycles. The molecule has 1 saturated heterocycles. The van der Waals surface area contributed by atoms with Crippen molar-refractivity contribution in [1.82, 2.24) is 19.9 Å². The van der Waals surface area contributed by atoms with Crippen LogP contribution in [-0.2, 0) is 0 Å². The molecule has 1 aromatic rings. The molecule has 1 unspecified atom stereocenters. The van der Waals surface area contributed by atoms with Crippen LogP contribution in [0.2, 0.25) is 5.28 Å². The highest BCUT2D eigenvalue weighted by atomic mass is 35.5. The summed E-state index contributed by atoms with van der Waals surface area (Å²) in [6.07, 6.45) is 2.33. The highest BCUT2D eigenvalue weighted by Crippen LogP contribution is 2.24. The molecule has 6 nitrogen and oxygen atoms in total. The molecule has 1 aliphatic heterocycles. The molecule has 0 aromatic carbocycles. The van der Waals surface area contributed by atoms with Crippen molar-refractivity contribution in [3.8, 4) is 0 Å². The zero-order valence-corrected chi connectivity index (χ0v) is 11.8. The van der Waals surface area contributed by atoms with E-state index in [1.807, 2.05) is 0 Å². The lowest BCUT2D eigenvalue weighted by Gasteiger charge is -2.27. The quantitative estimate of drug-likeness (QED) is 0.884. The number of halogens is 1. The Bertz CT molecular complexity index is 411. The van der Waals surface area contributed by atoms with Gasteiger partial charge in [-0.05, 0) is 38.5 Å². The normalized spacial score (nSPS) is 19.6. The Labute approximate surface area is 112 Å². The van der Waals surface area contributed by atoms with Crippen LogP contribution in [0.25, 0.3) is 0 Å². The van der Waals surface area contributed by atoms with Gasteiger partial charge in [-0.2, -0.15) is 15.0 Å². The van der Waals surface area contributed by atoms with Crippen LogP contribution in [0.4, 0.5) is 11.9 Å². The van der Waals surface area contributed by atoms with E-state index in [4.69, 9.17) is 11.6 Å². The number of rotatable bonds is 4. The van der Waals surface area contributed by atoms with Crippen LogP contribution in [0.5, 0.6) is 0 Å². The third kappa shape index (κ3) is 3.00. The Hall–Kier alpha value is -1.14. The third-order valence-corrected chi connectivity index (χ3v) is 3.20. The van der Waals surface area contributed by atoms with Gasteiger partial charge in [-0.1, -0.05) is 0 Å². The van der Waals surface area contributed by atoms with Crippen LogP contribution in [0, 0.1) is 0 Å². The van der Waals surface area contributed by atoms with E-state index < -0.39 is 0 Å². The summed E-state index contributed by atoms with van der Waals surface area (Å²) in [6, 6.07) is 0.447. The van der Waals surface area contributed by atoms with Gasteiger partial charge in [-0.25, -0.2) is 0 Å². The minimum Gasteiger partial charge on any atom is -0.357 e. The zero-order chi connectivity index (χ0) is 13.1. The molecule has 0 radical (unpaired) electrons. The second-order valence-corrected chi connectivity index (χ2v) is 5.07. The molecule has 0 bridgehead atoms. The van der Waals surface area contributed by atoms with Crippen molar-refractivity contribution in [2.75, 3.05) is 44.4 Å². The van der Waals surface area contributed by atoms with Crippen LogP contribution < -0.4 is 10.2 Å². The average molecular weight is 271 g/mol. The molecule has 0 amide bonds. The maximum Gasteiger partial charge on any atom is 0.231 e. The summed E-state index contributed by atoms with van der Waals surface area (Å²) in [7, 11) is 5.93. The first-order valence-electron chi connectivity index (χ1n) is 6.11. The molecule has 1 aromatic heterocycles. The molecule has 1 N–H and O–H groups in total. The van der Waals surface area contributed by atoms with Crippen molar-refractivity contribution in [3.63, 3.8) is 0 Å². The fourth-order valence-corrected chi connectivity index (χ4v) is 2.45. The number of hydrogen-bond donors (Lipinski definition) is 1. The van der Waals surface area contributed by atoms with E-state index >= 15 is 0 Å². The molecule has 7 heteroatoms. The van der Waals surface area contributed by atoms with Gasteiger partial charge in [-0.3, -0.25) is 0 Å². The summed E-state index contributed by atoms with van der Waals surface area (Å²) in [4.78, 5) is 17.0. The minimum atomic E-state index is 0.236. The van der Waals surface area contributed by atoms with Crippen molar-refractivity contribution in [2.24, 2.45) is 0 Å². The van der Waals surface area contributed by atoms with Crippen LogP contribution in [0.3, 0.4) is 0 Å².